The molecular formula is C10H16O. The lowest BCUT2D eigenvalue weighted by Gasteiger charge is -2.20. The van der Waals surface area contributed by atoms with Gasteiger partial charge in [0.1, 0.15) is 0 Å². The van der Waals surface area contributed by atoms with Crippen LogP contribution in [0.25, 0.3) is 0 Å². The van der Waals surface area contributed by atoms with Crippen molar-refractivity contribution in [1.82, 2.24) is 0 Å². The lowest BCUT2D eigenvalue weighted by molar-refractivity contribution is 0.0339. The molecule has 0 radical (unpaired) electrons. The Morgan fingerprint density at radius 1 is 1.36 bits per heavy atom. The van der Waals surface area contributed by atoms with Crippen LogP contribution >= 0.6 is 0 Å². The second-order valence-electron chi connectivity index (χ2n) is 3.84. The van der Waals surface area contributed by atoms with Crippen molar-refractivity contribution >= 4 is 0 Å². The van der Waals surface area contributed by atoms with Crippen LogP contribution < -0.4 is 0 Å². The van der Waals surface area contributed by atoms with E-state index >= 15 is 0 Å². The minimum atomic E-state index is 0.576. The Hall–Kier alpha value is -0.300. The minimum Gasteiger partial charge on any atom is -0.374 e. The van der Waals surface area contributed by atoms with Crippen LogP contribution in [0.5, 0.6) is 0 Å². The molecule has 0 aliphatic heterocycles. The molecule has 0 saturated heterocycles. The molecule has 0 heterocycles. The first-order valence-electron chi connectivity index (χ1n) is 4.62. The summed E-state index contributed by atoms with van der Waals surface area (Å²) in [6.45, 7) is 4.40. The summed E-state index contributed by atoms with van der Waals surface area (Å²) in [6, 6.07) is 0. The molecule has 0 aromatic rings. The molecule has 2 rings (SSSR count). The van der Waals surface area contributed by atoms with E-state index in [1.165, 1.54) is 25.7 Å². The highest BCUT2D eigenvalue weighted by Gasteiger charge is 2.39. The summed E-state index contributed by atoms with van der Waals surface area (Å²) in [5, 5.41) is 0. The van der Waals surface area contributed by atoms with Gasteiger partial charge in [0.05, 0.1) is 12.7 Å². The summed E-state index contributed by atoms with van der Waals surface area (Å²) >= 11 is 0. The van der Waals surface area contributed by atoms with Crippen LogP contribution in [0.15, 0.2) is 12.7 Å². The lowest BCUT2D eigenvalue weighted by atomic mass is 9.98. The van der Waals surface area contributed by atoms with Crippen molar-refractivity contribution < 1.29 is 4.74 Å². The maximum atomic E-state index is 5.67. The molecule has 1 heteroatoms. The van der Waals surface area contributed by atoms with E-state index in [0.29, 0.717) is 6.10 Å². The summed E-state index contributed by atoms with van der Waals surface area (Å²) in [4.78, 5) is 0. The van der Waals surface area contributed by atoms with E-state index in [4.69, 9.17) is 4.74 Å². The van der Waals surface area contributed by atoms with E-state index in [1.807, 2.05) is 6.08 Å². The third-order valence-corrected chi connectivity index (χ3v) is 3.10. The molecule has 11 heavy (non-hydrogen) atoms. The third kappa shape index (κ3) is 1.34. The van der Waals surface area contributed by atoms with E-state index in [1.54, 1.807) is 0 Å². The molecule has 0 spiro atoms. The monoisotopic (exact) mass is 152 g/mol. The summed E-state index contributed by atoms with van der Waals surface area (Å²) in [6.07, 6.45) is 8.05. The van der Waals surface area contributed by atoms with Gasteiger partial charge in [-0.15, -0.1) is 6.58 Å². The average molecular weight is 152 g/mol. The molecular weight excluding hydrogens is 136 g/mol. The molecule has 2 saturated carbocycles. The standard InChI is InChI=1S/C10H16O/c1-2-5-11-10-7-8-3-4-9(10)6-8/h2,8-10H,1,3-7H2/t8-,9+,10+/m1/s1. The highest BCUT2D eigenvalue weighted by Crippen LogP contribution is 2.45. The highest BCUT2D eigenvalue weighted by atomic mass is 16.5. The Labute approximate surface area is 68.4 Å². The van der Waals surface area contributed by atoms with Crippen molar-refractivity contribution in [1.29, 1.82) is 0 Å². The molecule has 0 aromatic carbocycles. The van der Waals surface area contributed by atoms with Gasteiger partial charge in [-0.2, -0.15) is 0 Å². The smallest absolute Gasteiger partial charge is 0.0648 e. The summed E-state index contributed by atoms with van der Waals surface area (Å²) in [7, 11) is 0. The molecule has 2 aliphatic rings. The normalized spacial score (nSPS) is 41.3. The topological polar surface area (TPSA) is 9.23 Å². The van der Waals surface area contributed by atoms with E-state index < -0.39 is 0 Å². The van der Waals surface area contributed by atoms with Crippen molar-refractivity contribution in [2.75, 3.05) is 6.61 Å². The molecule has 2 aliphatic carbocycles. The molecule has 0 N–H and O–H groups in total. The molecule has 2 fully saturated rings. The van der Waals surface area contributed by atoms with Gasteiger partial charge in [-0.05, 0) is 37.5 Å². The van der Waals surface area contributed by atoms with Crippen molar-refractivity contribution in [2.45, 2.75) is 31.8 Å². The summed E-state index contributed by atoms with van der Waals surface area (Å²) in [5.74, 6) is 1.88. The second-order valence-corrected chi connectivity index (χ2v) is 3.84. The Balaban J connectivity index is 1.83. The van der Waals surface area contributed by atoms with E-state index in [-0.39, 0.29) is 0 Å². The lowest BCUT2D eigenvalue weighted by Crippen LogP contribution is -2.20. The molecule has 3 atom stereocenters. The van der Waals surface area contributed by atoms with E-state index in [0.717, 1.165) is 18.4 Å². The van der Waals surface area contributed by atoms with Crippen molar-refractivity contribution in [3.8, 4) is 0 Å². The third-order valence-electron chi connectivity index (χ3n) is 3.10. The van der Waals surface area contributed by atoms with Crippen LogP contribution in [-0.2, 0) is 4.74 Å². The van der Waals surface area contributed by atoms with Crippen molar-refractivity contribution in [2.24, 2.45) is 11.8 Å². The average Bonchev–Trinajstić information content (AvgIpc) is 2.60. The number of hydrogen-bond acceptors (Lipinski definition) is 1. The van der Waals surface area contributed by atoms with Gasteiger partial charge in [-0.25, -0.2) is 0 Å². The van der Waals surface area contributed by atoms with Crippen molar-refractivity contribution in [3.05, 3.63) is 12.7 Å². The Morgan fingerprint density at radius 2 is 2.27 bits per heavy atom. The van der Waals surface area contributed by atoms with Crippen molar-refractivity contribution in [3.63, 3.8) is 0 Å². The zero-order valence-electron chi connectivity index (χ0n) is 6.96. The van der Waals surface area contributed by atoms with Gasteiger partial charge < -0.3 is 4.74 Å². The van der Waals surface area contributed by atoms with Crippen LogP contribution in [0.4, 0.5) is 0 Å². The quantitative estimate of drug-likeness (QED) is 0.564. The molecule has 1 nitrogen and oxygen atoms in total. The van der Waals surface area contributed by atoms with Gasteiger partial charge in [0, 0.05) is 0 Å². The zero-order chi connectivity index (χ0) is 7.68. The van der Waals surface area contributed by atoms with Crippen LogP contribution in [0.1, 0.15) is 25.7 Å². The van der Waals surface area contributed by atoms with Crippen LogP contribution in [0.2, 0.25) is 0 Å². The molecule has 2 bridgehead atoms. The first-order valence-corrected chi connectivity index (χ1v) is 4.62. The van der Waals surface area contributed by atoms with Gasteiger partial charge in [0.25, 0.3) is 0 Å². The summed E-state index contributed by atoms with van der Waals surface area (Å²) < 4.78 is 5.67. The van der Waals surface area contributed by atoms with Gasteiger partial charge >= 0.3 is 0 Å². The SMILES string of the molecule is C=CCO[C@H]1C[C@@H]2CC[C@H]1C2. The maximum absolute atomic E-state index is 5.67. The number of fused-ring (bicyclic) bond motifs is 2. The van der Waals surface area contributed by atoms with Gasteiger partial charge in [0.2, 0.25) is 0 Å². The fraction of sp³-hybridized carbons (Fsp3) is 0.800. The second kappa shape index (κ2) is 2.98. The Bertz CT molecular complexity index is 153. The first-order chi connectivity index (χ1) is 5.40. The highest BCUT2D eigenvalue weighted by molar-refractivity contribution is 4.91. The zero-order valence-corrected chi connectivity index (χ0v) is 6.96. The maximum Gasteiger partial charge on any atom is 0.0648 e. The molecule has 62 valence electrons. The first kappa shape index (κ1) is 7.35. The molecule has 0 amide bonds. The van der Waals surface area contributed by atoms with Gasteiger partial charge in [-0.3, -0.25) is 0 Å². The predicted molar refractivity (Wildman–Crippen MR) is 45.4 cm³/mol. The fourth-order valence-electron chi connectivity index (χ4n) is 2.58. The van der Waals surface area contributed by atoms with Crippen LogP contribution in [0, 0.1) is 11.8 Å². The molecule has 0 aromatic heterocycles. The Kier molecular flexibility index (Phi) is 1.99. The number of ether oxygens (including phenoxy) is 1. The van der Waals surface area contributed by atoms with Gasteiger partial charge in [0.15, 0.2) is 0 Å². The van der Waals surface area contributed by atoms with E-state index in [9.17, 15) is 0 Å². The predicted octanol–water partition coefficient (Wildman–Crippen LogP) is 2.38. The number of rotatable bonds is 3. The fourth-order valence-corrected chi connectivity index (χ4v) is 2.58. The summed E-state index contributed by atoms with van der Waals surface area (Å²) in [5.41, 5.74) is 0. The molecule has 0 unspecified atom stereocenters. The van der Waals surface area contributed by atoms with Gasteiger partial charge in [-0.1, -0.05) is 6.08 Å². The van der Waals surface area contributed by atoms with Crippen LogP contribution in [-0.4, -0.2) is 12.7 Å². The van der Waals surface area contributed by atoms with Crippen LogP contribution in [0.3, 0.4) is 0 Å². The van der Waals surface area contributed by atoms with E-state index in [2.05, 4.69) is 6.58 Å². The largest absolute Gasteiger partial charge is 0.374 e. The number of hydrogen-bond donors (Lipinski definition) is 0. The minimum absolute atomic E-state index is 0.576. The Morgan fingerprint density at radius 3 is 2.82 bits per heavy atom.